The lowest BCUT2D eigenvalue weighted by Gasteiger charge is -2.20. The van der Waals surface area contributed by atoms with E-state index in [1.807, 2.05) is 36.4 Å². The minimum absolute atomic E-state index is 0.502. The van der Waals surface area contributed by atoms with Crippen LogP contribution in [-0.4, -0.2) is 24.1 Å². The van der Waals surface area contributed by atoms with Crippen molar-refractivity contribution in [2.45, 2.75) is 6.61 Å². The van der Waals surface area contributed by atoms with Gasteiger partial charge in [0.25, 0.3) is 0 Å². The Bertz CT molecular complexity index is 676. The molecule has 1 aliphatic heterocycles. The Morgan fingerprint density at radius 3 is 2.68 bits per heavy atom. The summed E-state index contributed by atoms with van der Waals surface area (Å²) in [6.45, 7) is 1.91. The molecule has 1 N–H and O–H groups in total. The monoisotopic (exact) mass is 335 g/mol. The van der Waals surface area contributed by atoms with E-state index in [9.17, 15) is 0 Å². The van der Waals surface area contributed by atoms with Crippen molar-refractivity contribution in [3.63, 3.8) is 0 Å². The molecule has 0 fully saturated rings. The number of aliphatic imine (C=N–C) groups is 1. The van der Waals surface area contributed by atoms with Crippen LogP contribution in [0.3, 0.4) is 0 Å². The van der Waals surface area contributed by atoms with Crippen LogP contribution in [0.15, 0.2) is 53.5 Å². The normalized spacial score (nSPS) is 14.1. The first-order valence-electron chi connectivity index (χ1n) is 6.93. The van der Waals surface area contributed by atoms with Crippen LogP contribution in [0.4, 0.5) is 5.69 Å². The lowest BCUT2D eigenvalue weighted by molar-refractivity contribution is -0.103. The van der Waals surface area contributed by atoms with E-state index in [4.69, 9.17) is 28.0 Å². The van der Waals surface area contributed by atoms with Gasteiger partial charge >= 0.3 is 0 Å². The Kier molecular flexibility index (Phi) is 4.83. The number of nitrogens with zero attached hydrogens (tertiary/aromatic N) is 2. The zero-order valence-corrected chi connectivity index (χ0v) is 13.3. The topological polar surface area (TPSA) is 36.9 Å². The van der Waals surface area contributed by atoms with Gasteiger partial charge in [-0.25, -0.2) is 10.1 Å². The fourth-order valence-electron chi connectivity index (χ4n) is 2.09. The Labute approximate surface area is 139 Å². The lowest BCUT2D eigenvalue weighted by Crippen LogP contribution is -2.33. The van der Waals surface area contributed by atoms with Gasteiger partial charge in [-0.15, -0.1) is 0 Å². The molecule has 0 aromatic heterocycles. The van der Waals surface area contributed by atoms with Crippen LogP contribution in [0.25, 0.3) is 0 Å². The van der Waals surface area contributed by atoms with Crippen molar-refractivity contribution in [3.8, 4) is 0 Å². The van der Waals surface area contributed by atoms with Crippen LogP contribution in [0.5, 0.6) is 0 Å². The van der Waals surface area contributed by atoms with Crippen LogP contribution >= 0.6 is 23.2 Å². The third-order valence-corrected chi connectivity index (χ3v) is 3.95. The van der Waals surface area contributed by atoms with Crippen molar-refractivity contribution in [2.75, 3.05) is 18.4 Å². The van der Waals surface area contributed by atoms with E-state index < -0.39 is 0 Å². The van der Waals surface area contributed by atoms with Crippen molar-refractivity contribution in [1.29, 1.82) is 0 Å². The van der Waals surface area contributed by atoms with Gasteiger partial charge in [-0.2, -0.15) is 0 Å². The third-order valence-electron chi connectivity index (χ3n) is 3.21. The molecule has 1 heterocycles. The second-order valence-electron chi connectivity index (χ2n) is 4.82. The van der Waals surface area contributed by atoms with Gasteiger partial charge < -0.3 is 5.32 Å². The van der Waals surface area contributed by atoms with Crippen LogP contribution in [0.1, 0.15) is 5.56 Å². The molecular formula is C16H15Cl2N3O. The summed E-state index contributed by atoms with van der Waals surface area (Å²) in [6.07, 6.45) is 0. The molecule has 4 nitrogen and oxygen atoms in total. The summed E-state index contributed by atoms with van der Waals surface area (Å²) in [7, 11) is 0. The molecule has 0 saturated carbocycles. The summed E-state index contributed by atoms with van der Waals surface area (Å²) in [4.78, 5) is 10.2. The highest BCUT2D eigenvalue weighted by Gasteiger charge is 2.18. The number of benzene rings is 2. The minimum Gasteiger partial charge on any atom is -0.324 e. The molecule has 2 aromatic rings. The van der Waals surface area contributed by atoms with Crippen molar-refractivity contribution >= 4 is 34.8 Å². The van der Waals surface area contributed by atoms with Crippen LogP contribution < -0.4 is 5.32 Å². The highest BCUT2D eigenvalue weighted by atomic mass is 35.5. The van der Waals surface area contributed by atoms with Gasteiger partial charge in [0.15, 0.2) is 0 Å². The summed E-state index contributed by atoms with van der Waals surface area (Å²) in [5.74, 6) is 0.675. The summed E-state index contributed by atoms with van der Waals surface area (Å²) in [5, 5.41) is 5.99. The standard InChI is InChI=1S/C16H15Cl2N3O/c17-14-7-6-13(10-15(14)18)20-16-19-8-9-21(16)22-11-12-4-2-1-3-5-12/h1-7,10H,8-9,11H2,(H,19,20). The Hall–Kier alpha value is -1.75. The maximum Gasteiger partial charge on any atom is 0.223 e. The molecule has 0 aliphatic carbocycles. The molecule has 3 rings (SSSR count). The van der Waals surface area contributed by atoms with E-state index in [1.165, 1.54) is 0 Å². The van der Waals surface area contributed by atoms with Crippen molar-refractivity contribution in [2.24, 2.45) is 4.99 Å². The maximum atomic E-state index is 6.02. The number of hydrogen-bond acceptors (Lipinski definition) is 4. The third kappa shape index (κ3) is 3.71. The molecule has 0 amide bonds. The molecule has 0 radical (unpaired) electrons. The van der Waals surface area contributed by atoms with Gasteiger partial charge in [0.2, 0.25) is 5.96 Å². The zero-order chi connectivity index (χ0) is 15.4. The Morgan fingerprint density at radius 1 is 1.09 bits per heavy atom. The number of guanidine groups is 1. The van der Waals surface area contributed by atoms with E-state index in [0.717, 1.165) is 17.8 Å². The van der Waals surface area contributed by atoms with E-state index in [1.54, 1.807) is 17.2 Å². The zero-order valence-electron chi connectivity index (χ0n) is 11.8. The van der Waals surface area contributed by atoms with Gasteiger partial charge in [-0.05, 0) is 23.8 Å². The predicted octanol–water partition coefficient (Wildman–Crippen LogP) is 4.21. The summed E-state index contributed by atoms with van der Waals surface area (Å²) in [5.41, 5.74) is 1.94. The first-order chi connectivity index (χ1) is 10.7. The second-order valence-corrected chi connectivity index (χ2v) is 5.63. The lowest BCUT2D eigenvalue weighted by atomic mass is 10.2. The highest BCUT2D eigenvalue weighted by Crippen LogP contribution is 2.25. The second kappa shape index (κ2) is 7.01. The molecule has 22 heavy (non-hydrogen) atoms. The SMILES string of the molecule is Clc1ccc(NC2=NCCN2OCc2ccccc2)cc1Cl. The minimum atomic E-state index is 0.502. The number of rotatable bonds is 4. The smallest absolute Gasteiger partial charge is 0.223 e. The number of halogens is 2. The van der Waals surface area contributed by atoms with Crippen LogP contribution in [0, 0.1) is 0 Å². The number of anilines is 1. The number of nitrogens with one attached hydrogen (secondary N) is 1. The predicted molar refractivity (Wildman–Crippen MR) is 90.3 cm³/mol. The first-order valence-corrected chi connectivity index (χ1v) is 7.69. The molecule has 0 atom stereocenters. The average Bonchev–Trinajstić information content (AvgIpc) is 2.97. The summed E-state index contributed by atoms with van der Waals surface area (Å²) < 4.78 is 0. The van der Waals surface area contributed by atoms with Crippen LogP contribution in [-0.2, 0) is 11.4 Å². The first kappa shape index (κ1) is 15.2. The summed E-state index contributed by atoms with van der Waals surface area (Å²) in [6, 6.07) is 15.4. The average molecular weight is 336 g/mol. The van der Waals surface area contributed by atoms with Gasteiger partial charge in [0.05, 0.1) is 23.1 Å². The van der Waals surface area contributed by atoms with Gasteiger partial charge in [0.1, 0.15) is 6.61 Å². The van der Waals surface area contributed by atoms with Gasteiger partial charge in [-0.1, -0.05) is 53.5 Å². The quantitative estimate of drug-likeness (QED) is 0.909. The van der Waals surface area contributed by atoms with E-state index >= 15 is 0 Å². The molecule has 0 unspecified atom stereocenters. The summed E-state index contributed by atoms with van der Waals surface area (Å²) >= 11 is 11.9. The maximum absolute atomic E-state index is 6.02. The Morgan fingerprint density at radius 2 is 1.91 bits per heavy atom. The highest BCUT2D eigenvalue weighted by molar-refractivity contribution is 6.42. The Balaban J connectivity index is 1.62. The van der Waals surface area contributed by atoms with E-state index in [0.29, 0.717) is 29.2 Å². The molecular weight excluding hydrogens is 321 g/mol. The molecule has 0 spiro atoms. The van der Waals surface area contributed by atoms with Gasteiger partial charge in [0, 0.05) is 5.69 Å². The largest absolute Gasteiger partial charge is 0.324 e. The fourth-order valence-corrected chi connectivity index (χ4v) is 2.39. The van der Waals surface area contributed by atoms with E-state index in [-0.39, 0.29) is 0 Å². The molecule has 1 aliphatic rings. The number of hydrogen-bond donors (Lipinski definition) is 1. The van der Waals surface area contributed by atoms with E-state index in [2.05, 4.69) is 10.3 Å². The van der Waals surface area contributed by atoms with Crippen LogP contribution in [0.2, 0.25) is 10.0 Å². The van der Waals surface area contributed by atoms with Gasteiger partial charge in [-0.3, -0.25) is 4.84 Å². The molecule has 6 heteroatoms. The molecule has 0 saturated heterocycles. The molecule has 114 valence electrons. The fraction of sp³-hybridized carbons (Fsp3) is 0.188. The molecule has 2 aromatic carbocycles. The van der Waals surface area contributed by atoms with Crippen molar-refractivity contribution in [3.05, 3.63) is 64.1 Å². The van der Waals surface area contributed by atoms with Crippen molar-refractivity contribution < 1.29 is 4.84 Å². The number of hydroxylamine groups is 2. The van der Waals surface area contributed by atoms with Crippen molar-refractivity contribution in [1.82, 2.24) is 5.06 Å². The molecule has 0 bridgehead atoms.